The van der Waals surface area contributed by atoms with E-state index in [0.29, 0.717) is 24.1 Å². The third-order valence-corrected chi connectivity index (χ3v) is 6.93. The van der Waals surface area contributed by atoms with Crippen molar-refractivity contribution in [1.29, 1.82) is 0 Å². The number of tetrazole rings is 1. The van der Waals surface area contributed by atoms with Crippen molar-refractivity contribution >= 4 is 22.8 Å². The Morgan fingerprint density at radius 2 is 1.81 bits per heavy atom. The van der Waals surface area contributed by atoms with Crippen molar-refractivity contribution in [3.05, 3.63) is 99.2 Å². The third-order valence-electron chi connectivity index (χ3n) is 6.93. The number of amides is 2. The van der Waals surface area contributed by atoms with Crippen LogP contribution >= 0.6 is 0 Å². The lowest BCUT2D eigenvalue weighted by molar-refractivity contribution is -0.152. The fourth-order valence-electron chi connectivity index (χ4n) is 4.80. The van der Waals surface area contributed by atoms with Crippen LogP contribution in [0.2, 0.25) is 0 Å². The molecule has 0 unspecified atom stereocenters. The number of alkyl halides is 3. The van der Waals surface area contributed by atoms with E-state index in [2.05, 4.69) is 31.0 Å². The summed E-state index contributed by atoms with van der Waals surface area (Å²) >= 11 is 0. The Hall–Kier alpha value is -5.34. The van der Waals surface area contributed by atoms with Gasteiger partial charge in [-0.3, -0.25) is 9.59 Å². The molecule has 0 radical (unpaired) electrons. The maximum Gasteiger partial charge on any atom is 0.449 e. The molecule has 5 aromatic rings. The molecule has 42 heavy (non-hydrogen) atoms. The molecule has 0 fully saturated rings. The molecule has 3 aromatic heterocycles. The maximum absolute atomic E-state index is 13.0. The van der Waals surface area contributed by atoms with Gasteiger partial charge in [0, 0.05) is 25.0 Å². The highest BCUT2D eigenvalue weighted by atomic mass is 19.4. The van der Waals surface area contributed by atoms with Crippen LogP contribution in [0.4, 0.5) is 13.2 Å². The van der Waals surface area contributed by atoms with E-state index >= 15 is 0 Å². The summed E-state index contributed by atoms with van der Waals surface area (Å²) in [6, 6.07) is 11.7. The number of halogens is 3. The number of carbonyl (C=O) groups excluding carboxylic acids is 2. The minimum absolute atomic E-state index is 0.0100. The van der Waals surface area contributed by atoms with E-state index in [0.717, 1.165) is 28.2 Å². The average molecular weight is 579 g/mol. The molecule has 1 aliphatic rings. The molecule has 2 aromatic carbocycles. The molecular formula is C27H21F3N8O4. The highest BCUT2D eigenvalue weighted by Crippen LogP contribution is 2.34. The Bertz CT molecular complexity index is 1910. The lowest BCUT2D eigenvalue weighted by Gasteiger charge is -2.14. The monoisotopic (exact) mass is 578 g/mol. The Labute approximate surface area is 234 Å². The summed E-state index contributed by atoms with van der Waals surface area (Å²) in [7, 11) is 1.51. The largest absolute Gasteiger partial charge is 0.451 e. The molecule has 0 aliphatic heterocycles. The van der Waals surface area contributed by atoms with Gasteiger partial charge in [-0.15, -0.1) is 0 Å². The fraction of sp³-hybridized carbons (Fsp3) is 0.222. The van der Waals surface area contributed by atoms with Crippen molar-refractivity contribution in [3.8, 4) is 5.69 Å². The summed E-state index contributed by atoms with van der Waals surface area (Å²) in [5.74, 6) is -2.20. The van der Waals surface area contributed by atoms with Gasteiger partial charge in [0.15, 0.2) is 0 Å². The Kier molecular flexibility index (Phi) is 6.55. The average Bonchev–Trinajstić information content (AvgIpc) is 3.68. The number of rotatable bonds is 6. The molecular weight excluding hydrogens is 557 g/mol. The molecule has 12 nitrogen and oxygen atoms in total. The van der Waals surface area contributed by atoms with Gasteiger partial charge in [0.2, 0.25) is 5.76 Å². The zero-order valence-electron chi connectivity index (χ0n) is 21.8. The first kappa shape index (κ1) is 26.9. The number of aryl methyl sites for hydroxylation is 2. The second-order valence-electron chi connectivity index (χ2n) is 9.70. The van der Waals surface area contributed by atoms with E-state index in [4.69, 9.17) is 4.42 Å². The van der Waals surface area contributed by atoms with Crippen LogP contribution in [0.25, 0.3) is 16.7 Å². The van der Waals surface area contributed by atoms with Crippen molar-refractivity contribution in [2.24, 2.45) is 7.05 Å². The number of furan rings is 1. The van der Waals surface area contributed by atoms with Gasteiger partial charge in [-0.2, -0.15) is 22.5 Å². The first-order valence-corrected chi connectivity index (χ1v) is 12.7. The van der Waals surface area contributed by atoms with Gasteiger partial charge in [-0.05, 0) is 64.2 Å². The number of aromatic nitrogens is 6. The second kappa shape index (κ2) is 10.2. The zero-order valence-corrected chi connectivity index (χ0v) is 21.8. The minimum atomic E-state index is -4.60. The number of benzene rings is 2. The van der Waals surface area contributed by atoms with Crippen LogP contribution in [-0.4, -0.2) is 41.6 Å². The van der Waals surface area contributed by atoms with Crippen LogP contribution in [0.5, 0.6) is 0 Å². The van der Waals surface area contributed by atoms with Crippen LogP contribution < -0.4 is 16.3 Å². The first-order valence-electron chi connectivity index (χ1n) is 12.7. The summed E-state index contributed by atoms with van der Waals surface area (Å²) in [6.07, 6.45) is -2.20. The van der Waals surface area contributed by atoms with Crippen molar-refractivity contribution in [3.63, 3.8) is 0 Å². The van der Waals surface area contributed by atoms with Crippen LogP contribution in [0, 0.1) is 0 Å². The Balaban J connectivity index is 1.11. The molecule has 2 N–H and O–H groups in total. The van der Waals surface area contributed by atoms with Crippen LogP contribution in [0.15, 0.2) is 64.1 Å². The highest BCUT2D eigenvalue weighted by molar-refractivity contribution is 5.97. The maximum atomic E-state index is 13.0. The van der Waals surface area contributed by atoms with Gasteiger partial charge in [-0.1, -0.05) is 18.2 Å². The van der Waals surface area contributed by atoms with E-state index in [-0.39, 0.29) is 40.6 Å². The summed E-state index contributed by atoms with van der Waals surface area (Å²) < 4.78 is 46.0. The Morgan fingerprint density at radius 1 is 1.02 bits per heavy atom. The van der Waals surface area contributed by atoms with Gasteiger partial charge < -0.3 is 15.1 Å². The number of nitrogens with zero attached hydrogens (tertiary/aromatic N) is 6. The topological polar surface area (TPSA) is 150 Å². The summed E-state index contributed by atoms with van der Waals surface area (Å²) in [6.45, 7) is -0.0100. The molecule has 0 saturated carbocycles. The fourth-order valence-corrected chi connectivity index (χ4v) is 4.80. The number of fused-ring (bicyclic) bond motifs is 2. The highest BCUT2D eigenvalue weighted by Gasteiger charge is 2.35. The first-order chi connectivity index (χ1) is 20.1. The Morgan fingerprint density at radius 3 is 2.55 bits per heavy atom. The van der Waals surface area contributed by atoms with Crippen molar-refractivity contribution in [2.45, 2.75) is 31.6 Å². The molecule has 1 atom stereocenters. The van der Waals surface area contributed by atoms with E-state index in [9.17, 15) is 27.6 Å². The second-order valence-corrected chi connectivity index (χ2v) is 9.70. The van der Waals surface area contributed by atoms with E-state index < -0.39 is 23.8 Å². The number of nitrogens with one attached hydrogen (secondary N) is 2. The molecule has 15 heteroatoms. The SMILES string of the molecule is Cn1nnn(-c2ccc3c(c2)CC[C@@H]3NC(=O)c2cc(C(=O)NCc3ccc4cc(C(F)(F)F)oc4c3)ncn2)c1=O. The summed E-state index contributed by atoms with van der Waals surface area (Å²) in [5, 5.41) is 13.4. The van der Waals surface area contributed by atoms with E-state index in [1.54, 1.807) is 12.1 Å². The molecule has 2 amide bonds. The molecule has 1 aliphatic carbocycles. The number of hydrogen-bond acceptors (Lipinski definition) is 8. The molecule has 214 valence electrons. The molecule has 0 spiro atoms. The van der Waals surface area contributed by atoms with Crippen molar-refractivity contribution < 1.29 is 27.2 Å². The smallest absolute Gasteiger partial charge is 0.449 e. The van der Waals surface area contributed by atoms with E-state index in [1.165, 1.54) is 29.9 Å². The van der Waals surface area contributed by atoms with Crippen LogP contribution in [0.3, 0.4) is 0 Å². The number of hydrogen-bond donors (Lipinski definition) is 2. The normalized spacial score (nSPS) is 14.6. The quantitative estimate of drug-likeness (QED) is 0.312. The van der Waals surface area contributed by atoms with Gasteiger partial charge in [-0.25, -0.2) is 14.8 Å². The van der Waals surface area contributed by atoms with Gasteiger partial charge in [0.1, 0.15) is 23.3 Å². The van der Waals surface area contributed by atoms with Crippen molar-refractivity contribution in [2.75, 3.05) is 0 Å². The van der Waals surface area contributed by atoms with Crippen LogP contribution in [-0.2, 0) is 26.2 Å². The van der Waals surface area contributed by atoms with Crippen LogP contribution in [0.1, 0.15) is 55.9 Å². The molecule has 0 bridgehead atoms. The minimum Gasteiger partial charge on any atom is -0.451 e. The van der Waals surface area contributed by atoms with E-state index in [1.807, 2.05) is 12.1 Å². The predicted octanol–water partition coefficient (Wildman–Crippen LogP) is 2.87. The van der Waals surface area contributed by atoms with Gasteiger partial charge >= 0.3 is 11.9 Å². The summed E-state index contributed by atoms with van der Waals surface area (Å²) in [4.78, 5) is 45.8. The lowest BCUT2D eigenvalue weighted by atomic mass is 10.1. The standard InChI is InChI=1S/C27H21F3N8O4/c1-37-26(41)38(36-35-37)17-5-6-18-15(9-17)4-7-19(18)34-25(40)21-11-20(32-13-33-21)24(39)31-12-14-2-3-16-10-23(27(28,29)30)42-22(16)8-14/h2-3,5-6,8-11,13,19H,4,7,12H2,1H3,(H,31,39)(H,34,40)/t19-/m0/s1. The third kappa shape index (κ3) is 5.11. The van der Waals surface area contributed by atoms with Gasteiger partial charge in [0.05, 0.1) is 11.7 Å². The van der Waals surface area contributed by atoms with Gasteiger partial charge in [0.25, 0.3) is 11.8 Å². The molecule has 3 heterocycles. The van der Waals surface area contributed by atoms with Crippen molar-refractivity contribution in [1.82, 2.24) is 40.4 Å². The molecule has 0 saturated heterocycles. The molecule has 6 rings (SSSR count). The predicted molar refractivity (Wildman–Crippen MR) is 140 cm³/mol. The number of carbonyl (C=O) groups is 2. The summed E-state index contributed by atoms with van der Waals surface area (Å²) in [5.41, 5.74) is 2.54. The lowest BCUT2D eigenvalue weighted by Crippen LogP contribution is -2.29. The zero-order chi connectivity index (χ0) is 29.6.